The van der Waals surface area contributed by atoms with Crippen molar-refractivity contribution in [2.75, 3.05) is 32.9 Å². The van der Waals surface area contributed by atoms with Gasteiger partial charge in [0.25, 0.3) is 6.43 Å². The van der Waals surface area contributed by atoms with Gasteiger partial charge in [0.15, 0.2) is 0 Å². The third-order valence-electron chi connectivity index (χ3n) is 7.62. The van der Waals surface area contributed by atoms with Crippen molar-refractivity contribution in [3.63, 3.8) is 0 Å². The highest BCUT2D eigenvalue weighted by atomic mass is 19.3. The highest BCUT2D eigenvalue weighted by Gasteiger charge is 2.40. The zero-order valence-electron chi connectivity index (χ0n) is 20.0. The molecule has 0 aliphatic carbocycles. The first-order valence-electron chi connectivity index (χ1n) is 12.4. The molecule has 2 aromatic carbocycles. The molecule has 9 heteroatoms. The van der Waals surface area contributed by atoms with Gasteiger partial charge in [-0.3, -0.25) is 9.29 Å². The van der Waals surface area contributed by atoms with Crippen LogP contribution in [0.25, 0.3) is 10.9 Å². The van der Waals surface area contributed by atoms with E-state index in [1.807, 2.05) is 29.2 Å². The number of benzene rings is 2. The maximum Gasteiger partial charge on any atom is 0.251 e. The molecule has 194 valence electrons. The molecule has 0 radical (unpaired) electrons. The van der Waals surface area contributed by atoms with E-state index in [0.717, 1.165) is 28.6 Å². The van der Waals surface area contributed by atoms with Crippen LogP contribution in [0, 0.1) is 17.6 Å². The van der Waals surface area contributed by atoms with Gasteiger partial charge in [-0.05, 0) is 49.1 Å². The molecule has 0 saturated carbocycles. The molecule has 2 aliphatic heterocycles. The lowest BCUT2D eigenvalue weighted by Crippen LogP contribution is -2.49. The molecule has 1 aromatic heterocycles. The van der Waals surface area contributed by atoms with Gasteiger partial charge in [0, 0.05) is 53.8 Å². The number of aliphatic hydroxyl groups excluding tert-OH is 1. The number of nitrogens with one attached hydrogen (secondary N) is 1. The molecule has 3 atom stereocenters. The topological polar surface area (TPSA) is 42.5 Å². The minimum Gasteiger partial charge on any atom is -0.388 e. The lowest BCUT2D eigenvalue weighted by atomic mass is 9.85. The Kier molecular flexibility index (Phi) is 7.07. The minimum absolute atomic E-state index is 0.116. The Balaban J connectivity index is 1.51. The summed E-state index contributed by atoms with van der Waals surface area (Å²) in [6.07, 6.45) is -2.86. The smallest absolute Gasteiger partial charge is 0.251 e. The van der Waals surface area contributed by atoms with Crippen molar-refractivity contribution in [3.8, 4) is 0 Å². The predicted molar refractivity (Wildman–Crippen MR) is 128 cm³/mol. The molecule has 5 rings (SSSR count). The Morgan fingerprint density at radius 2 is 1.81 bits per heavy atom. The van der Waals surface area contributed by atoms with Crippen molar-refractivity contribution < 1.29 is 27.1 Å². The lowest BCUT2D eigenvalue weighted by molar-refractivity contribution is -0.00642. The largest absolute Gasteiger partial charge is 0.388 e. The first-order chi connectivity index (χ1) is 17.3. The van der Waals surface area contributed by atoms with Gasteiger partial charge in [-0.25, -0.2) is 17.6 Å². The first kappa shape index (κ1) is 25.2. The second-order valence-corrected chi connectivity index (χ2v) is 10.0. The van der Waals surface area contributed by atoms with Gasteiger partial charge >= 0.3 is 0 Å². The maximum atomic E-state index is 15.6. The average Bonchev–Trinajstić information content (AvgIpc) is 3.17. The van der Waals surface area contributed by atoms with Crippen LogP contribution in [0.3, 0.4) is 0 Å². The van der Waals surface area contributed by atoms with Crippen molar-refractivity contribution >= 4 is 10.9 Å². The molecule has 1 fully saturated rings. The normalized spacial score (nSPS) is 22.2. The second-order valence-electron chi connectivity index (χ2n) is 10.0. The number of aromatic nitrogens is 1. The van der Waals surface area contributed by atoms with Crippen LogP contribution in [-0.4, -0.2) is 65.2 Å². The summed E-state index contributed by atoms with van der Waals surface area (Å²) in [5, 5.41) is 11.7. The van der Waals surface area contributed by atoms with Gasteiger partial charge in [0.05, 0.1) is 25.4 Å². The van der Waals surface area contributed by atoms with E-state index >= 15 is 8.78 Å². The molecule has 0 spiro atoms. The third kappa shape index (κ3) is 4.53. The van der Waals surface area contributed by atoms with Crippen LogP contribution in [0.5, 0.6) is 0 Å². The van der Waals surface area contributed by atoms with E-state index in [9.17, 15) is 18.3 Å². The quantitative estimate of drug-likeness (QED) is 0.403. The summed E-state index contributed by atoms with van der Waals surface area (Å²) < 4.78 is 70.8. The maximum absolute atomic E-state index is 15.6. The van der Waals surface area contributed by atoms with Gasteiger partial charge < -0.3 is 15.0 Å². The number of fused-ring (bicyclic) bond motifs is 3. The fourth-order valence-corrected chi connectivity index (χ4v) is 5.85. The number of hydrogen-bond donors (Lipinski definition) is 2. The highest BCUT2D eigenvalue weighted by Crippen LogP contribution is 2.43. The Morgan fingerprint density at radius 3 is 2.47 bits per heavy atom. The van der Waals surface area contributed by atoms with Gasteiger partial charge in [-0.15, -0.1) is 0 Å². The SMILES string of the molecule is C[C@@H]1Cc2c([nH]c3ccccc23)C(c2c(F)cc(C(O)C3CN(CCCF)C3)cc2F)N1CC(F)F. The zero-order chi connectivity index (χ0) is 25.6. The van der Waals surface area contributed by atoms with Crippen LogP contribution < -0.4 is 0 Å². The summed E-state index contributed by atoms with van der Waals surface area (Å²) in [5.41, 5.74) is 1.99. The van der Waals surface area contributed by atoms with E-state index in [2.05, 4.69) is 4.98 Å². The number of nitrogens with zero attached hydrogens (tertiary/aromatic N) is 2. The summed E-state index contributed by atoms with van der Waals surface area (Å²) in [4.78, 5) is 6.67. The molecular formula is C27H30F5N3O. The highest BCUT2D eigenvalue weighted by molar-refractivity contribution is 5.85. The van der Waals surface area contributed by atoms with Crippen molar-refractivity contribution in [2.45, 2.75) is 44.4 Å². The number of hydrogen-bond acceptors (Lipinski definition) is 3. The summed E-state index contributed by atoms with van der Waals surface area (Å²) >= 11 is 0. The van der Waals surface area contributed by atoms with Crippen LogP contribution in [0.15, 0.2) is 36.4 Å². The molecular weight excluding hydrogens is 477 g/mol. The van der Waals surface area contributed by atoms with Crippen LogP contribution in [-0.2, 0) is 6.42 Å². The van der Waals surface area contributed by atoms with Crippen LogP contribution in [0.1, 0.15) is 47.9 Å². The molecule has 0 amide bonds. The number of likely N-dealkylation sites (tertiary alicyclic amines) is 1. The van der Waals surface area contributed by atoms with E-state index in [1.54, 1.807) is 6.92 Å². The van der Waals surface area contributed by atoms with Crippen molar-refractivity contribution in [1.29, 1.82) is 0 Å². The number of aromatic amines is 1. The fraction of sp³-hybridized carbons (Fsp3) is 0.481. The molecule has 1 saturated heterocycles. The number of H-pyrrole nitrogens is 1. The van der Waals surface area contributed by atoms with Crippen molar-refractivity contribution in [3.05, 3.63) is 70.4 Å². The van der Waals surface area contributed by atoms with Crippen molar-refractivity contribution in [1.82, 2.24) is 14.8 Å². The Labute approximate surface area is 206 Å². The Hall–Kier alpha value is -2.49. The Bertz CT molecular complexity index is 1200. The molecule has 0 bridgehead atoms. The monoisotopic (exact) mass is 507 g/mol. The van der Waals surface area contributed by atoms with E-state index in [4.69, 9.17) is 0 Å². The number of halogens is 5. The molecule has 4 nitrogen and oxygen atoms in total. The zero-order valence-corrected chi connectivity index (χ0v) is 20.0. The summed E-state index contributed by atoms with van der Waals surface area (Å²) in [6.45, 7) is 2.37. The van der Waals surface area contributed by atoms with E-state index in [1.165, 1.54) is 4.90 Å². The minimum atomic E-state index is -2.67. The van der Waals surface area contributed by atoms with Gasteiger partial charge in [-0.2, -0.15) is 0 Å². The van der Waals surface area contributed by atoms with E-state index in [0.29, 0.717) is 38.2 Å². The van der Waals surface area contributed by atoms with E-state index in [-0.39, 0.29) is 23.1 Å². The van der Waals surface area contributed by atoms with Crippen molar-refractivity contribution in [2.24, 2.45) is 5.92 Å². The molecule has 36 heavy (non-hydrogen) atoms. The number of alkyl halides is 3. The summed E-state index contributed by atoms with van der Waals surface area (Å²) in [6, 6.07) is 8.30. The molecule has 2 unspecified atom stereocenters. The van der Waals surface area contributed by atoms with Crippen LogP contribution in [0.4, 0.5) is 22.0 Å². The predicted octanol–water partition coefficient (Wildman–Crippen LogP) is 5.37. The van der Waals surface area contributed by atoms with Crippen LogP contribution in [0.2, 0.25) is 0 Å². The lowest BCUT2D eigenvalue weighted by Gasteiger charge is -2.42. The van der Waals surface area contributed by atoms with Gasteiger partial charge in [-0.1, -0.05) is 18.2 Å². The standard InChI is InChI=1S/C27H30F5N3O/c1-15-9-19-18-5-2-3-6-22(18)33-25(19)26(35(15)14-23(31)32)24-20(29)10-16(11-21(24)30)27(36)17-12-34(13-17)8-4-7-28/h2-3,5-6,10-11,15,17,23,26-27,33,36H,4,7-9,12-14H2,1H3/t15-,26?,27?/m1/s1. The molecule has 2 N–H and O–H groups in total. The van der Waals surface area contributed by atoms with E-state index < -0.39 is 43.4 Å². The number of aliphatic hydroxyl groups is 1. The molecule has 3 aromatic rings. The second kappa shape index (κ2) is 10.1. The molecule has 3 heterocycles. The average molecular weight is 508 g/mol. The fourth-order valence-electron chi connectivity index (χ4n) is 5.85. The van der Waals surface area contributed by atoms with Crippen LogP contribution >= 0.6 is 0 Å². The Morgan fingerprint density at radius 1 is 1.11 bits per heavy atom. The van der Waals surface area contributed by atoms with Gasteiger partial charge in [0.1, 0.15) is 11.6 Å². The summed E-state index contributed by atoms with van der Waals surface area (Å²) in [5.74, 6) is -1.96. The molecule has 2 aliphatic rings. The van der Waals surface area contributed by atoms with Gasteiger partial charge in [0.2, 0.25) is 0 Å². The summed E-state index contributed by atoms with van der Waals surface area (Å²) in [7, 11) is 0. The number of rotatable bonds is 8. The first-order valence-corrected chi connectivity index (χ1v) is 12.4. The number of para-hydroxylation sites is 1. The third-order valence-corrected chi connectivity index (χ3v) is 7.62.